The van der Waals surface area contributed by atoms with Gasteiger partial charge in [-0.3, -0.25) is 25.0 Å². The van der Waals surface area contributed by atoms with Gasteiger partial charge in [0.15, 0.2) is 12.4 Å². The molecule has 1 aliphatic heterocycles. The van der Waals surface area contributed by atoms with E-state index in [4.69, 9.17) is 0 Å². The molecule has 1 saturated heterocycles. The van der Waals surface area contributed by atoms with E-state index >= 15 is 0 Å². The van der Waals surface area contributed by atoms with Crippen molar-refractivity contribution in [2.75, 3.05) is 0 Å². The number of nitro benzene ring substituents is 1. The van der Waals surface area contributed by atoms with Gasteiger partial charge in [0.25, 0.3) is 11.7 Å². The molecule has 0 radical (unpaired) electrons. The minimum Gasteiger partial charge on any atom is -0.340 e. The Balaban J connectivity index is 1.77. The van der Waals surface area contributed by atoms with Crippen molar-refractivity contribution in [1.29, 1.82) is 0 Å². The van der Waals surface area contributed by atoms with Crippen LogP contribution < -0.4 is 9.88 Å². The number of pyridine rings is 1. The summed E-state index contributed by atoms with van der Waals surface area (Å²) in [6.45, 7) is 1.74. The lowest BCUT2D eigenvalue weighted by Crippen LogP contribution is -2.50. The maximum Gasteiger partial charge on any atom is 0.351 e. The lowest BCUT2D eigenvalue weighted by Gasteiger charge is -2.11. The largest absolute Gasteiger partial charge is 0.351 e. The summed E-state index contributed by atoms with van der Waals surface area (Å²) >= 11 is 0. The van der Waals surface area contributed by atoms with Crippen LogP contribution >= 0.6 is 0 Å². The van der Waals surface area contributed by atoms with Crippen LogP contribution in [0.1, 0.15) is 24.1 Å². The number of nitrogens with zero attached hydrogens (tertiary/aromatic N) is 3. The van der Waals surface area contributed by atoms with Gasteiger partial charge in [-0.1, -0.05) is 12.1 Å². The van der Waals surface area contributed by atoms with Crippen LogP contribution in [0.25, 0.3) is 0 Å². The van der Waals surface area contributed by atoms with E-state index in [1.807, 2.05) is 12.1 Å². The van der Waals surface area contributed by atoms with Gasteiger partial charge in [-0.2, -0.15) is 4.57 Å². The molecule has 9 nitrogen and oxygen atoms in total. The smallest absolute Gasteiger partial charge is 0.340 e. The van der Waals surface area contributed by atoms with Gasteiger partial charge in [0, 0.05) is 29.2 Å². The maximum absolute atomic E-state index is 11.8. The van der Waals surface area contributed by atoms with Gasteiger partial charge in [0.1, 0.15) is 0 Å². The van der Waals surface area contributed by atoms with E-state index in [-0.39, 0.29) is 11.7 Å². The van der Waals surface area contributed by atoms with Crippen LogP contribution in [0.15, 0.2) is 48.8 Å². The van der Waals surface area contributed by atoms with Crippen LogP contribution in [-0.4, -0.2) is 27.8 Å². The van der Waals surface area contributed by atoms with Crippen molar-refractivity contribution < 1.29 is 19.2 Å². The van der Waals surface area contributed by atoms with Gasteiger partial charge in [-0.05, 0) is 24.5 Å². The minimum absolute atomic E-state index is 0.0397. The highest BCUT2D eigenvalue weighted by Gasteiger charge is 2.54. The Hall–Kier alpha value is -3.36. The lowest BCUT2D eigenvalue weighted by molar-refractivity contribution is -0.751. The number of nitrogens with one attached hydrogen (secondary N) is 1. The summed E-state index contributed by atoms with van der Waals surface area (Å²) in [6, 6.07) is 7.72. The van der Waals surface area contributed by atoms with Crippen molar-refractivity contribution in [2.45, 2.75) is 31.5 Å². The minimum atomic E-state index is -1.31. The van der Waals surface area contributed by atoms with Gasteiger partial charge >= 0.3 is 11.9 Å². The molecule has 3 rings (SSSR count). The highest BCUT2D eigenvalue weighted by molar-refractivity contribution is 5.83. The van der Waals surface area contributed by atoms with Crippen molar-refractivity contribution in [3.63, 3.8) is 0 Å². The van der Waals surface area contributed by atoms with Crippen molar-refractivity contribution in [2.24, 2.45) is 0 Å². The highest BCUT2D eigenvalue weighted by Crippen LogP contribution is 2.20. The molecule has 0 saturated carbocycles. The molecule has 134 valence electrons. The van der Waals surface area contributed by atoms with Crippen molar-refractivity contribution in [3.8, 4) is 0 Å². The van der Waals surface area contributed by atoms with E-state index in [1.54, 1.807) is 36.0 Å². The van der Waals surface area contributed by atoms with Gasteiger partial charge in [0.05, 0.1) is 11.0 Å². The highest BCUT2D eigenvalue weighted by atomic mass is 16.6. The number of non-ortho nitro benzene ring substituents is 1. The zero-order valence-corrected chi connectivity index (χ0v) is 13.9. The topological polar surface area (TPSA) is 119 Å². The molecule has 2 heterocycles. The van der Waals surface area contributed by atoms with Gasteiger partial charge in [-0.15, -0.1) is 0 Å². The second-order valence-electron chi connectivity index (χ2n) is 6.27. The molecular weight excluding hydrogens is 340 g/mol. The number of carbonyl (C=O) groups is 1. The Bertz CT molecular complexity index is 850. The second kappa shape index (κ2) is 6.87. The number of rotatable bonds is 5. The SMILES string of the molecule is CC1NC(=O)C([N+](=O)[O-])C1[n+]1ccc(Cc2ccc([N+](=O)[O-])cc2)cc1. The number of hydrogen-bond acceptors (Lipinski definition) is 5. The Morgan fingerprint density at radius 3 is 2.15 bits per heavy atom. The van der Waals surface area contributed by atoms with E-state index in [1.165, 1.54) is 12.1 Å². The third-order valence-corrected chi connectivity index (χ3v) is 4.52. The number of carbonyl (C=O) groups excluding carboxylic acids is 1. The predicted octanol–water partition coefficient (Wildman–Crippen LogP) is 1.18. The molecule has 1 fully saturated rings. The molecule has 1 aromatic carbocycles. The van der Waals surface area contributed by atoms with Crippen LogP contribution in [0.2, 0.25) is 0 Å². The molecule has 1 N–H and O–H groups in total. The molecule has 9 heteroatoms. The standard InChI is InChI=1S/C17H16N4O5/c1-11-15(16(21(25)26)17(22)18-11)19-8-6-13(7-9-19)10-12-2-4-14(5-3-12)20(23)24/h2-9,11,15-16H,10H2,1H3/p+1. The fourth-order valence-electron chi connectivity index (χ4n) is 3.22. The number of amides is 1. The van der Waals surface area contributed by atoms with E-state index in [2.05, 4.69) is 5.32 Å². The molecule has 0 bridgehead atoms. The van der Waals surface area contributed by atoms with Crippen LogP contribution in [0.5, 0.6) is 0 Å². The Kier molecular flexibility index (Phi) is 4.61. The first-order valence-corrected chi connectivity index (χ1v) is 8.03. The first kappa shape index (κ1) is 17.5. The molecule has 1 aliphatic rings. The fourth-order valence-corrected chi connectivity index (χ4v) is 3.22. The summed E-state index contributed by atoms with van der Waals surface area (Å²) in [7, 11) is 0. The third kappa shape index (κ3) is 3.37. The molecule has 0 aliphatic carbocycles. The van der Waals surface area contributed by atoms with Gasteiger partial charge in [-0.25, -0.2) is 0 Å². The van der Waals surface area contributed by atoms with Crippen molar-refractivity contribution >= 4 is 11.6 Å². The number of aromatic nitrogens is 1. The van der Waals surface area contributed by atoms with Crippen molar-refractivity contribution in [1.82, 2.24) is 5.32 Å². The third-order valence-electron chi connectivity index (χ3n) is 4.52. The number of benzene rings is 1. The van der Waals surface area contributed by atoms with Gasteiger partial charge < -0.3 is 5.32 Å². The number of nitro groups is 2. The molecule has 1 amide bonds. The van der Waals surface area contributed by atoms with Crippen LogP contribution in [0, 0.1) is 20.2 Å². The van der Waals surface area contributed by atoms with E-state index in [0.29, 0.717) is 6.42 Å². The summed E-state index contributed by atoms with van der Waals surface area (Å²) in [5.41, 5.74) is 1.91. The lowest BCUT2D eigenvalue weighted by atomic mass is 10.0. The van der Waals surface area contributed by atoms with Crippen LogP contribution in [0.3, 0.4) is 0 Å². The summed E-state index contributed by atoms with van der Waals surface area (Å²) in [4.78, 5) is 32.7. The summed E-state index contributed by atoms with van der Waals surface area (Å²) in [6.07, 6.45) is 4.02. The predicted molar refractivity (Wildman–Crippen MR) is 90.0 cm³/mol. The Morgan fingerprint density at radius 1 is 1.04 bits per heavy atom. The molecule has 3 unspecified atom stereocenters. The summed E-state index contributed by atoms with van der Waals surface area (Å²) < 4.78 is 1.68. The maximum atomic E-state index is 11.8. The Labute approximate surface area is 148 Å². The summed E-state index contributed by atoms with van der Waals surface area (Å²) in [5.74, 6) is -0.574. The van der Waals surface area contributed by atoms with Crippen molar-refractivity contribution in [3.05, 3.63) is 80.1 Å². The monoisotopic (exact) mass is 357 g/mol. The number of hydrogen-bond donors (Lipinski definition) is 1. The van der Waals surface area contributed by atoms with Crippen LogP contribution in [-0.2, 0) is 11.2 Å². The molecule has 3 atom stereocenters. The van der Waals surface area contributed by atoms with E-state index < -0.39 is 27.8 Å². The quantitative estimate of drug-likeness (QED) is 0.489. The zero-order chi connectivity index (χ0) is 18.8. The van der Waals surface area contributed by atoms with E-state index in [0.717, 1.165) is 11.1 Å². The first-order chi connectivity index (χ1) is 12.4. The van der Waals surface area contributed by atoms with Gasteiger partial charge in [0.2, 0.25) is 0 Å². The second-order valence-corrected chi connectivity index (χ2v) is 6.27. The van der Waals surface area contributed by atoms with E-state index in [9.17, 15) is 25.0 Å². The van der Waals surface area contributed by atoms with Crippen LogP contribution in [0.4, 0.5) is 5.69 Å². The average Bonchev–Trinajstić information content (AvgIpc) is 2.90. The normalized spacial score (nSPS) is 22.0. The molecule has 26 heavy (non-hydrogen) atoms. The Morgan fingerprint density at radius 2 is 1.62 bits per heavy atom. The molecule has 2 aromatic rings. The first-order valence-electron chi connectivity index (χ1n) is 8.03. The zero-order valence-electron chi connectivity index (χ0n) is 13.9. The molecular formula is C17H17N4O5+. The molecule has 0 spiro atoms. The summed E-state index contributed by atoms with van der Waals surface area (Å²) in [5, 5.41) is 24.5. The molecule has 1 aromatic heterocycles. The fraction of sp³-hybridized carbons (Fsp3) is 0.294. The average molecular weight is 357 g/mol.